The number of hydrogen-bond acceptors (Lipinski definition) is 2. The molecule has 0 aromatic heterocycles. The number of halogens is 3. The van der Waals surface area contributed by atoms with Crippen molar-refractivity contribution in [1.29, 1.82) is 0 Å². The van der Waals surface area contributed by atoms with Crippen molar-refractivity contribution in [2.75, 3.05) is 13.1 Å². The summed E-state index contributed by atoms with van der Waals surface area (Å²) in [5.74, 6) is -1.61. The van der Waals surface area contributed by atoms with Crippen LogP contribution < -0.4 is 5.73 Å². The summed E-state index contributed by atoms with van der Waals surface area (Å²) in [7, 11) is 0. The smallest absolute Gasteiger partial charge is 0.227 e. The molecular formula is C13H17ClF2N2O. The molecule has 106 valence electrons. The monoisotopic (exact) mass is 290 g/mol. The molecule has 2 N–H and O–H groups in total. The minimum atomic E-state index is -0.674. The number of nitrogens with zero attached hydrogens (tertiary/aromatic N) is 1. The summed E-state index contributed by atoms with van der Waals surface area (Å²) in [6.45, 7) is 1.02. The van der Waals surface area contributed by atoms with Crippen LogP contribution in [0.1, 0.15) is 18.4 Å². The molecule has 1 amide bonds. The van der Waals surface area contributed by atoms with Gasteiger partial charge in [-0.15, -0.1) is 12.4 Å². The summed E-state index contributed by atoms with van der Waals surface area (Å²) >= 11 is 0. The Balaban J connectivity index is 0.00000180. The Hall–Kier alpha value is -1.20. The van der Waals surface area contributed by atoms with Crippen molar-refractivity contribution >= 4 is 18.3 Å². The number of amides is 1. The van der Waals surface area contributed by atoms with Gasteiger partial charge in [0, 0.05) is 24.7 Å². The lowest BCUT2D eigenvalue weighted by atomic mass is 10.1. The minimum Gasteiger partial charge on any atom is -0.338 e. The molecule has 2 rings (SSSR count). The van der Waals surface area contributed by atoms with Crippen LogP contribution in [-0.4, -0.2) is 29.9 Å². The van der Waals surface area contributed by atoms with Gasteiger partial charge < -0.3 is 10.6 Å². The SMILES string of the molecule is Cl.NCC1CCCN1C(=O)Cc1c(F)cccc1F. The lowest BCUT2D eigenvalue weighted by molar-refractivity contribution is -0.131. The topological polar surface area (TPSA) is 46.3 Å². The Kier molecular flexibility index (Phi) is 5.69. The number of carbonyl (C=O) groups excluding carboxylic acids is 1. The Morgan fingerprint density at radius 2 is 2.00 bits per heavy atom. The highest BCUT2D eigenvalue weighted by Crippen LogP contribution is 2.19. The van der Waals surface area contributed by atoms with Crippen LogP contribution >= 0.6 is 12.4 Å². The van der Waals surface area contributed by atoms with Gasteiger partial charge >= 0.3 is 0 Å². The van der Waals surface area contributed by atoms with E-state index in [4.69, 9.17) is 5.73 Å². The molecule has 1 unspecified atom stereocenters. The van der Waals surface area contributed by atoms with E-state index in [0.717, 1.165) is 25.0 Å². The van der Waals surface area contributed by atoms with E-state index in [1.54, 1.807) is 4.90 Å². The summed E-state index contributed by atoms with van der Waals surface area (Å²) in [6.07, 6.45) is 1.52. The van der Waals surface area contributed by atoms with Gasteiger partial charge in [0.2, 0.25) is 5.91 Å². The van der Waals surface area contributed by atoms with Crippen LogP contribution in [0.2, 0.25) is 0 Å². The van der Waals surface area contributed by atoms with E-state index < -0.39 is 11.6 Å². The first kappa shape index (κ1) is 15.9. The molecule has 0 radical (unpaired) electrons. The molecule has 1 atom stereocenters. The van der Waals surface area contributed by atoms with Crippen molar-refractivity contribution < 1.29 is 13.6 Å². The van der Waals surface area contributed by atoms with Gasteiger partial charge in [-0.1, -0.05) is 6.07 Å². The predicted octanol–water partition coefficient (Wildman–Crippen LogP) is 1.88. The van der Waals surface area contributed by atoms with E-state index in [2.05, 4.69) is 0 Å². The maximum Gasteiger partial charge on any atom is 0.227 e. The van der Waals surface area contributed by atoms with Crippen LogP contribution in [-0.2, 0) is 11.2 Å². The van der Waals surface area contributed by atoms with Crippen LogP contribution in [0.15, 0.2) is 18.2 Å². The van der Waals surface area contributed by atoms with Crippen molar-refractivity contribution in [2.45, 2.75) is 25.3 Å². The maximum absolute atomic E-state index is 13.4. The molecule has 1 aromatic rings. The third-order valence-electron chi connectivity index (χ3n) is 3.36. The Morgan fingerprint density at radius 1 is 1.37 bits per heavy atom. The second-order valence-corrected chi connectivity index (χ2v) is 4.50. The molecule has 0 saturated carbocycles. The molecule has 0 bridgehead atoms. The third kappa shape index (κ3) is 3.42. The molecule has 19 heavy (non-hydrogen) atoms. The van der Waals surface area contributed by atoms with E-state index >= 15 is 0 Å². The largest absolute Gasteiger partial charge is 0.338 e. The van der Waals surface area contributed by atoms with Crippen LogP contribution in [0, 0.1) is 11.6 Å². The van der Waals surface area contributed by atoms with Crippen LogP contribution in [0.25, 0.3) is 0 Å². The number of carbonyl (C=O) groups is 1. The molecule has 1 aliphatic heterocycles. The molecule has 3 nitrogen and oxygen atoms in total. The molecular weight excluding hydrogens is 274 g/mol. The average Bonchev–Trinajstić information content (AvgIpc) is 2.82. The number of likely N-dealkylation sites (tertiary alicyclic amines) is 1. The van der Waals surface area contributed by atoms with E-state index in [0.29, 0.717) is 13.1 Å². The molecule has 1 aliphatic rings. The molecule has 0 aliphatic carbocycles. The quantitative estimate of drug-likeness (QED) is 0.924. The second-order valence-electron chi connectivity index (χ2n) is 4.50. The first-order valence-corrected chi connectivity index (χ1v) is 6.06. The van der Waals surface area contributed by atoms with Gasteiger partial charge in [0.25, 0.3) is 0 Å². The van der Waals surface area contributed by atoms with Gasteiger partial charge in [-0.25, -0.2) is 8.78 Å². The number of hydrogen-bond donors (Lipinski definition) is 1. The average molecular weight is 291 g/mol. The summed E-state index contributed by atoms with van der Waals surface area (Å²) < 4.78 is 26.9. The van der Waals surface area contributed by atoms with Gasteiger partial charge in [0.1, 0.15) is 11.6 Å². The van der Waals surface area contributed by atoms with Crippen LogP contribution in [0.3, 0.4) is 0 Å². The predicted molar refractivity (Wildman–Crippen MR) is 71.1 cm³/mol. The van der Waals surface area contributed by atoms with Crippen molar-refractivity contribution in [3.05, 3.63) is 35.4 Å². The van der Waals surface area contributed by atoms with Crippen molar-refractivity contribution in [3.63, 3.8) is 0 Å². The van der Waals surface area contributed by atoms with Crippen molar-refractivity contribution in [1.82, 2.24) is 4.90 Å². The minimum absolute atomic E-state index is 0. The molecule has 1 aromatic carbocycles. The lowest BCUT2D eigenvalue weighted by Gasteiger charge is -2.23. The normalized spacial score (nSPS) is 18.3. The zero-order chi connectivity index (χ0) is 13.1. The third-order valence-corrected chi connectivity index (χ3v) is 3.36. The Bertz CT molecular complexity index is 436. The fraction of sp³-hybridized carbons (Fsp3) is 0.462. The summed E-state index contributed by atoms with van der Waals surface area (Å²) in [5.41, 5.74) is 5.41. The molecule has 1 fully saturated rings. The van der Waals surface area contributed by atoms with Gasteiger partial charge in [-0.05, 0) is 25.0 Å². The van der Waals surface area contributed by atoms with Crippen molar-refractivity contribution in [3.8, 4) is 0 Å². The highest BCUT2D eigenvalue weighted by Gasteiger charge is 2.28. The van der Waals surface area contributed by atoms with E-state index in [1.165, 1.54) is 6.07 Å². The Labute approximate surface area is 117 Å². The first-order valence-electron chi connectivity index (χ1n) is 6.06. The number of nitrogens with two attached hydrogens (primary N) is 1. The van der Waals surface area contributed by atoms with Crippen LogP contribution in [0.5, 0.6) is 0 Å². The zero-order valence-corrected chi connectivity index (χ0v) is 11.3. The summed E-state index contributed by atoms with van der Waals surface area (Å²) in [5, 5.41) is 0. The highest BCUT2D eigenvalue weighted by atomic mass is 35.5. The molecule has 1 heterocycles. The van der Waals surface area contributed by atoms with E-state index in [-0.39, 0.29) is 36.3 Å². The molecule has 1 saturated heterocycles. The van der Waals surface area contributed by atoms with Gasteiger partial charge in [0.15, 0.2) is 0 Å². The Morgan fingerprint density at radius 3 is 2.58 bits per heavy atom. The molecule has 0 spiro atoms. The summed E-state index contributed by atoms with van der Waals surface area (Å²) in [4.78, 5) is 13.7. The fourth-order valence-electron chi connectivity index (χ4n) is 2.36. The van der Waals surface area contributed by atoms with Gasteiger partial charge in [-0.3, -0.25) is 4.79 Å². The highest BCUT2D eigenvalue weighted by molar-refractivity contribution is 5.85. The first-order chi connectivity index (χ1) is 8.63. The maximum atomic E-state index is 13.4. The number of rotatable bonds is 3. The zero-order valence-electron chi connectivity index (χ0n) is 10.4. The van der Waals surface area contributed by atoms with E-state index in [1.807, 2.05) is 0 Å². The van der Waals surface area contributed by atoms with Gasteiger partial charge in [-0.2, -0.15) is 0 Å². The van der Waals surface area contributed by atoms with Crippen LogP contribution in [0.4, 0.5) is 8.78 Å². The molecule has 6 heteroatoms. The number of benzene rings is 1. The lowest BCUT2D eigenvalue weighted by Crippen LogP contribution is -2.40. The standard InChI is InChI=1S/C13H16F2N2O.ClH/c14-11-4-1-5-12(15)10(11)7-13(18)17-6-2-3-9(17)8-16;/h1,4-5,9H,2-3,6-8,16H2;1H. The second kappa shape index (κ2) is 6.82. The fourth-order valence-corrected chi connectivity index (χ4v) is 2.36. The van der Waals surface area contributed by atoms with E-state index in [9.17, 15) is 13.6 Å². The van der Waals surface area contributed by atoms with Gasteiger partial charge in [0.05, 0.1) is 6.42 Å². The van der Waals surface area contributed by atoms with Crippen molar-refractivity contribution in [2.24, 2.45) is 5.73 Å². The summed E-state index contributed by atoms with van der Waals surface area (Å²) in [6, 6.07) is 3.62.